The van der Waals surface area contributed by atoms with E-state index in [1.807, 2.05) is 35.2 Å². The molecule has 0 aliphatic carbocycles. The maximum Gasteiger partial charge on any atom is 0.226 e. The molecule has 5 heteroatoms. The third kappa shape index (κ3) is 5.56. The Morgan fingerprint density at radius 3 is 2.38 bits per heavy atom. The van der Waals surface area contributed by atoms with Crippen molar-refractivity contribution in [1.29, 1.82) is 0 Å². The molecule has 0 N–H and O–H groups in total. The minimum absolute atomic E-state index is 0.160. The van der Waals surface area contributed by atoms with Crippen molar-refractivity contribution >= 4 is 5.91 Å². The number of piperidine rings is 1. The summed E-state index contributed by atoms with van der Waals surface area (Å²) in [5, 5.41) is 0. The third-order valence-corrected chi connectivity index (χ3v) is 4.51. The van der Waals surface area contributed by atoms with Gasteiger partial charge in [-0.15, -0.1) is 0 Å². The second-order valence-electron chi connectivity index (χ2n) is 6.42. The van der Waals surface area contributed by atoms with Crippen LogP contribution in [-0.4, -0.2) is 43.2 Å². The van der Waals surface area contributed by atoms with Crippen molar-refractivity contribution in [3.8, 4) is 5.75 Å². The van der Waals surface area contributed by atoms with E-state index in [4.69, 9.17) is 9.47 Å². The molecule has 2 aromatic rings. The number of halogens is 1. The van der Waals surface area contributed by atoms with E-state index in [0.29, 0.717) is 25.4 Å². The first-order valence-corrected chi connectivity index (χ1v) is 9.02. The molecule has 0 spiro atoms. The lowest BCUT2D eigenvalue weighted by Crippen LogP contribution is -2.41. The molecule has 3 rings (SSSR count). The first-order valence-electron chi connectivity index (χ1n) is 9.02. The van der Waals surface area contributed by atoms with Crippen LogP contribution in [0.15, 0.2) is 54.6 Å². The first kappa shape index (κ1) is 18.4. The lowest BCUT2D eigenvalue weighted by molar-refractivity contribution is -0.133. The van der Waals surface area contributed by atoms with Gasteiger partial charge in [0.05, 0.1) is 19.1 Å². The molecule has 1 fully saturated rings. The van der Waals surface area contributed by atoms with E-state index in [1.165, 1.54) is 12.1 Å². The summed E-state index contributed by atoms with van der Waals surface area (Å²) >= 11 is 0. The Kier molecular flexibility index (Phi) is 6.61. The van der Waals surface area contributed by atoms with Crippen molar-refractivity contribution in [3.63, 3.8) is 0 Å². The van der Waals surface area contributed by atoms with Crippen molar-refractivity contribution in [3.05, 3.63) is 66.0 Å². The summed E-state index contributed by atoms with van der Waals surface area (Å²) in [5.41, 5.74) is 1.05. The summed E-state index contributed by atoms with van der Waals surface area (Å²) in [4.78, 5) is 14.3. The van der Waals surface area contributed by atoms with Gasteiger partial charge in [-0.1, -0.05) is 30.3 Å². The van der Waals surface area contributed by atoms with Gasteiger partial charge < -0.3 is 14.4 Å². The van der Waals surface area contributed by atoms with Crippen LogP contribution in [0.5, 0.6) is 5.75 Å². The van der Waals surface area contributed by atoms with Crippen LogP contribution in [0.25, 0.3) is 0 Å². The number of nitrogens with zero attached hydrogens (tertiary/aromatic N) is 1. The number of carbonyl (C=O) groups is 1. The van der Waals surface area contributed by atoms with Gasteiger partial charge in [-0.2, -0.15) is 0 Å². The highest BCUT2D eigenvalue weighted by Crippen LogP contribution is 2.16. The van der Waals surface area contributed by atoms with Gasteiger partial charge in [0.1, 0.15) is 18.2 Å². The van der Waals surface area contributed by atoms with E-state index in [-0.39, 0.29) is 17.8 Å². The zero-order chi connectivity index (χ0) is 18.2. The lowest BCUT2D eigenvalue weighted by atomic mass is 10.1. The van der Waals surface area contributed by atoms with Crippen LogP contribution in [0, 0.1) is 5.82 Å². The lowest BCUT2D eigenvalue weighted by Gasteiger charge is -2.32. The standard InChI is InChI=1S/C21H24FNO3/c22-18-6-8-19(9-7-18)25-14-15-26-20-10-12-23(13-11-20)21(24)16-17-4-2-1-3-5-17/h1-9,20H,10-16H2. The topological polar surface area (TPSA) is 38.8 Å². The second kappa shape index (κ2) is 9.34. The van der Waals surface area contributed by atoms with Crippen LogP contribution in [0.2, 0.25) is 0 Å². The van der Waals surface area contributed by atoms with E-state index in [1.54, 1.807) is 12.1 Å². The zero-order valence-electron chi connectivity index (χ0n) is 14.8. The van der Waals surface area contributed by atoms with Gasteiger partial charge in [0, 0.05) is 13.1 Å². The fourth-order valence-electron chi connectivity index (χ4n) is 3.06. The van der Waals surface area contributed by atoms with Crippen molar-refractivity contribution in [2.24, 2.45) is 0 Å². The highest BCUT2D eigenvalue weighted by molar-refractivity contribution is 5.78. The average Bonchev–Trinajstić information content (AvgIpc) is 2.68. The highest BCUT2D eigenvalue weighted by Gasteiger charge is 2.23. The Morgan fingerprint density at radius 2 is 1.69 bits per heavy atom. The summed E-state index contributed by atoms with van der Waals surface area (Å²) < 4.78 is 24.2. The SMILES string of the molecule is O=C(Cc1ccccc1)N1CCC(OCCOc2ccc(F)cc2)CC1. The molecule has 26 heavy (non-hydrogen) atoms. The number of hydrogen-bond donors (Lipinski definition) is 0. The molecule has 0 atom stereocenters. The molecule has 1 aliphatic rings. The molecule has 138 valence electrons. The number of likely N-dealkylation sites (tertiary alicyclic amines) is 1. The van der Waals surface area contributed by atoms with Crippen molar-refractivity contribution in [2.75, 3.05) is 26.3 Å². The normalized spacial score (nSPS) is 15.0. The van der Waals surface area contributed by atoms with Crippen LogP contribution >= 0.6 is 0 Å². The maximum atomic E-state index is 12.8. The highest BCUT2D eigenvalue weighted by atomic mass is 19.1. The summed E-state index contributed by atoms with van der Waals surface area (Å²) in [6.45, 7) is 2.38. The largest absolute Gasteiger partial charge is 0.491 e. The van der Waals surface area contributed by atoms with Gasteiger partial charge in [-0.25, -0.2) is 4.39 Å². The molecule has 2 aromatic carbocycles. The van der Waals surface area contributed by atoms with Gasteiger partial charge in [-0.05, 0) is 42.7 Å². The van der Waals surface area contributed by atoms with E-state index in [2.05, 4.69) is 0 Å². The Morgan fingerprint density at radius 1 is 1.00 bits per heavy atom. The molecule has 1 amide bonds. The molecule has 0 saturated carbocycles. The Labute approximate surface area is 153 Å². The second-order valence-corrected chi connectivity index (χ2v) is 6.42. The fourth-order valence-corrected chi connectivity index (χ4v) is 3.06. The van der Waals surface area contributed by atoms with Crippen molar-refractivity contribution in [1.82, 2.24) is 4.90 Å². The van der Waals surface area contributed by atoms with Gasteiger partial charge in [0.25, 0.3) is 0 Å². The van der Waals surface area contributed by atoms with E-state index < -0.39 is 0 Å². The molecular weight excluding hydrogens is 333 g/mol. The van der Waals surface area contributed by atoms with E-state index in [9.17, 15) is 9.18 Å². The van der Waals surface area contributed by atoms with Crippen LogP contribution in [0.4, 0.5) is 4.39 Å². The first-order chi connectivity index (χ1) is 12.7. The van der Waals surface area contributed by atoms with Crippen LogP contribution in [-0.2, 0) is 16.0 Å². The zero-order valence-corrected chi connectivity index (χ0v) is 14.8. The van der Waals surface area contributed by atoms with Gasteiger partial charge >= 0.3 is 0 Å². The van der Waals surface area contributed by atoms with E-state index in [0.717, 1.165) is 31.5 Å². The van der Waals surface area contributed by atoms with Gasteiger partial charge in [0.2, 0.25) is 5.91 Å². The molecule has 0 unspecified atom stereocenters. The van der Waals surface area contributed by atoms with Crippen molar-refractivity contribution < 1.29 is 18.7 Å². The molecule has 0 radical (unpaired) electrons. The fraction of sp³-hybridized carbons (Fsp3) is 0.381. The Hall–Kier alpha value is -2.40. The number of amides is 1. The van der Waals surface area contributed by atoms with Crippen LogP contribution < -0.4 is 4.74 Å². The van der Waals surface area contributed by atoms with E-state index >= 15 is 0 Å². The summed E-state index contributed by atoms with van der Waals surface area (Å²) in [7, 11) is 0. The maximum absolute atomic E-state index is 12.8. The van der Waals surface area contributed by atoms with Crippen LogP contribution in [0.1, 0.15) is 18.4 Å². The number of rotatable bonds is 7. The molecule has 1 heterocycles. The number of benzene rings is 2. The number of carbonyl (C=O) groups excluding carboxylic acids is 1. The average molecular weight is 357 g/mol. The third-order valence-electron chi connectivity index (χ3n) is 4.51. The molecule has 4 nitrogen and oxygen atoms in total. The minimum Gasteiger partial charge on any atom is -0.491 e. The Balaban J connectivity index is 1.32. The Bertz CT molecular complexity index is 682. The molecular formula is C21H24FNO3. The van der Waals surface area contributed by atoms with Crippen molar-refractivity contribution in [2.45, 2.75) is 25.4 Å². The predicted molar refractivity (Wildman–Crippen MR) is 97.6 cm³/mol. The summed E-state index contributed by atoms with van der Waals surface area (Å²) in [6.07, 6.45) is 2.30. The molecule has 0 bridgehead atoms. The molecule has 1 saturated heterocycles. The number of ether oxygens (including phenoxy) is 2. The molecule has 1 aliphatic heterocycles. The number of hydrogen-bond acceptors (Lipinski definition) is 3. The summed E-state index contributed by atoms with van der Waals surface area (Å²) in [6, 6.07) is 15.8. The quantitative estimate of drug-likeness (QED) is 0.713. The van der Waals surface area contributed by atoms with Gasteiger partial charge in [-0.3, -0.25) is 4.79 Å². The smallest absolute Gasteiger partial charge is 0.226 e. The van der Waals surface area contributed by atoms with Gasteiger partial charge in [0.15, 0.2) is 0 Å². The minimum atomic E-state index is -0.276. The molecule has 0 aromatic heterocycles. The predicted octanol–water partition coefficient (Wildman–Crippen LogP) is 3.45. The van der Waals surface area contributed by atoms with Crippen LogP contribution in [0.3, 0.4) is 0 Å². The summed E-state index contributed by atoms with van der Waals surface area (Å²) in [5.74, 6) is 0.535. The monoisotopic (exact) mass is 357 g/mol.